The van der Waals surface area contributed by atoms with E-state index in [-0.39, 0.29) is 11.9 Å². The third kappa shape index (κ3) is 3.45. The first kappa shape index (κ1) is 15.2. The first-order chi connectivity index (χ1) is 9.63. The van der Waals surface area contributed by atoms with Crippen molar-refractivity contribution in [3.05, 3.63) is 23.8 Å². The minimum absolute atomic E-state index is 0.105. The summed E-state index contributed by atoms with van der Waals surface area (Å²) in [4.78, 5) is 12.4. The van der Waals surface area contributed by atoms with Gasteiger partial charge in [0.25, 0.3) is 5.91 Å². The molecule has 0 aromatic heterocycles. The summed E-state index contributed by atoms with van der Waals surface area (Å²) in [5, 5.41) is 3.94. The number of benzene rings is 1. The Morgan fingerprint density at radius 1 is 1.35 bits per heavy atom. The summed E-state index contributed by atoms with van der Waals surface area (Å²) in [5.41, 5.74) is 0.544. The molecule has 110 valence electrons. The molecule has 1 aromatic rings. The van der Waals surface area contributed by atoms with Crippen molar-refractivity contribution < 1.29 is 14.3 Å². The first-order valence-corrected chi connectivity index (χ1v) is 8.01. The van der Waals surface area contributed by atoms with Gasteiger partial charge < -0.3 is 14.8 Å². The molecular formula is C15H20BrNO3. The van der Waals surface area contributed by atoms with Gasteiger partial charge in [-0.1, -0.05) is 35.8 Å². The molecule has 0 bridgehead atoms. The Labute approximate surface area is 128 Å². The number of para-hydroxylation sites is 1. The molecule has 0 saturated carbocycles. The van der Waals surface area contributed by atoms with Crippen LogP contribution < -0.4 is 14.8 Å². The highest BCUT2D eigenvalue weighted by Gasteiger charge is 2.23. The van der Waals surface area contributed by atoms with Crippen LogP contribution in [-0.4, -0.2) is 30.5 Å². The van der Waals surface area contributed by atoms with Crippen molar-refractivity contribution in [1.82, 2.24) is 5.32 Å². The van der Waals surface area contributed by atoms with Crippen LogP contribution in [0.4, 0.5) is 0 Å². The quantitative estimate of drug-likeness (QED) is 0.837. The zero-order valence-electron chi connectivity index (χ0n) is 11.8. The maximum Gasteiger partial charge on any atom is 0.255 e. The molecule has 0 radical (unpaired) electrons. The molecule has 0 saturated heterocycles. The summed E-state index contributed by atoms with van der Waals surface area (Å²) in [7, 11) is 0. The lowest BCUT2D eigenvalue weighted by molar-refractivity contribution is 0.0914. The van der Waals surface area contributed by atoms with Crippen molar-refractivity contribution in [3.63, 3.8) is 0 Å². The van der Waals surface area contributed by atoms with Crippen LogP contribution in [0.5, 0.6) is 11.5 Å². The van der Waals surface area contributed by atoms with Gasteiger partial charge in [-0.15, -0.1) is 0 Å². The molecule has 1 aromatic carbocycles. The number of amides is 1. The molecule has 0 aliphatic carbocycles. The van der Waals surface area contributed by atoms with Crippen molar-refractivity contribution in [3.8, 4) is 11.5 Å². The molecule has 0 spiro atoms. The van der Waals surface area contributed by atoms with E-state index in [2.05, 4.69) is 35.1 Å². The number of carbonyl (C=O) groups excluding carboxylic acids is 1. The molecule has 1 atom stereocenters. The maximum absolute atomic E-state index is 12.4. The van der Waals surface area contributed by atoms with Gasteiger partial charge in [0, 0.05) is 11.4 Å². The second-order valence-electron chi connectivity index (χ2n) is 5.13. The van der Waals surface area contributed by atoms with Gasteiger partial charge in [-0.25, -0.2) is 0 Å². The van der Waals surface area contributed by atoms with E-state index in [0.717, 1.165) is 11.8 Å². The largest absolute Gasteiger partial charge is 0.486 e. The smallest absolute Gasteiger partial charge is 0.255 e. The number of alkyl halides is 1. The van der Waals surface area contributed by atoms with E-state index in [1.807, 2.05) is 12.1 Å². The summed E-state index contributed by atoms with van der Waals surface area (Å²) in [5.74, 6) is 1.48. The van der Waals surface area contributed by atoms with E-state index < -0.39 is 0 Å². The molecule has 5 heteroatoms. The average Bonchev–Trinajstić information content (AvgIpc) is 2.46. The highest BCUT2D eigenvalue weighted by molar-refractivity contribution is 9.09. The number of hydrogen-bond acceptors (Lipinski definition) is 3. The Morgan fingerprint density at radius 3 is 2.80 bits per heavy atom. The van der Waals surface area contributed by atoms with Gasteiger partial charge in [-0.2, -0.15) is 0 Å². The van der Waals surface area contributed by atoms with E-state index in [4.69, 9.17) is 9.47 Å². The lowest BCUT2D eigenvalue weighted by Gasteiger charge is -2.24. The summed E-state index contributed by atoms with van der Waals surface area (Å²) < 4.78 is 11.1. The Kier molecular flexibility index (Phi) is 5.29. The fraction of sp³-hybridized carbons (Fsp3) is 0.533. The van der Waals surface area contributed by atoms with Gasteiger partial charge in [-0.3, -0.25) is 4.79 Å². The molecule has 2 rings (SSSR count). The molecule has 0 fully saturated rings. The van der Waals surface area contributed by atoms with Crippen LogP contribution in [-0.2, 0) is 0 Å². The van der Waals surface area contributed by atoms with Crippen LogP contribution in [0.1, 0.15) is 30.6 Å². The number of nitrogens with one attached hydrogen (secondary N) is 1. The van der Waals surface area contributed by atoms with Crippen LogP contribution in [0.3, 0.4) is 0 Å². The number of rotatable bonds is 5. The standard InChI is InChI=1S/C15H20BrNO3/c1-10(2)12(6-7-16)17-15(18)11-4-3-5-13-14(11)20-9-8-19-13/h3-5,10,12H,6-9H2,1-2H3,(H,17,18). The molecule has 4 nitrogen and oxygen atoms in total. The predicted octanol–water partition coefficient (Wildman–Crippen LogP) is 3.00. The van der Waals surface area contributed by atoms with Gasteiger partial charge in [0.1, 0.15) is 13.2 Å². The third-order valence-corrected chi connectivity index (χ3v) is 3.81. The summed E-state index contributed by atoms with van der Waals surface area (Å²) in [6.07, 6.45) is 0.899. The van der Waals surface area contributed by atoms with E-state index >= 15 is 0 Å². The van der Waals surface area contributed by atoms with Gasteiger partial charge >= 0.3 is 0 Å². The molecule has 20 heavy (non-hydrogen) atoms. The maximum atomic E-state index is 12.4. The van der Waals surface area contributed by atoms with Crippen LogP contribution in [0.25, 0.3) is 0 Å². The normalized spacial score (nSPS) is 15.0. The number of hydrogen-bond donors (Lipinski definition) is 1. The summed E-state index contributed by atoms with van der Waals surface area (Å²) >= 11 is 3.43. The van der Waals surface area contributed by atoms with Crippen LogP contribution >= 0.6 is 15.9 Å². The zero-order chi connectivity index (χ0) is 14.5. The number of fused-ring (bicyclic) bond motifs is 1. The highest BCUT2D eigenvalue weighted by atomic mass is 79.9. The Bertz CT molecular complexity index is 476. The molecule has 1 N–H and O–H groups in total. The minimum atomic E-state index is -0.105. The number of ether oxygens (including phenoxy) is 2. The monoisotopic (exact) mass is 341 g/mol. The molecule has 1 unspecified atom stereocenters. The van der Waals surface area contributed by atoms with Crippen LogP contribution in [0.15, 0.2) is 18.2 Å². The fourth-order valence-electron chi connectivity index (χ4n) is 2.19. The third-order valence-electron chi connectivity index (χ3n) is 3.35. The van der Waals surface area contributed by atoms with Gasteiger partial charge in [-0.05, 0) is 24.5 Å². The lowest BCUT2D eigenvalue weighted by Crippen LogP contribution is -2.39. The van der Waals surface area contributed by atoms with Crippen molar-refractivity contribution in [2.45, 2.75) is 26.3 Å². The molecule has 1 amide bonds. The van der Waals surface area contributed by atoms with E-state index in [1.54, 1.807) is 6.07 Å². The topological polar surface area (TPSA) is 47.6 Å². The van der Waals surface area contributed by atoms with Crippen molar-refractivity contribution in [2.24, 2.45) is 5.92 Å². The van der Waals surface area contributed by atoms with E-state index in [9.17, 15) is 4.79 Å². The number of carbonyl (C=O) groups is 1. The van der Waals surface area contributed by atoms with Crippen molar-refractivity contribution >= 4 is 21.8 Å². The second-order valence-corrected chi connectivity index (χ2v) is 5.92. The fourth-order valence-corrected chi connectivity index (χ4v) is 2.68. The zero-order valence-corrected chi connectivity index (χ0v) is 13.4. The van der Waals surface area contributed by atoms with Crippen LogP contribution in [0, 0.1) is 5.92 Å². The van der Waals surface area contributed by atoms with Gasteiger partial charge in [0.15, 0.2) is 11.5 Å². The molecular weight excluding hydrogens is 322 g/mol. The molecule has 1 aliphatic rings. The van der Waals surface area contributed by atoms with Crippen molar-refractivity contribution in [2.75, 3.05) is 18.5 Å². The minimum Gasteiger partial charge on any atom is -0.486 e. The highest BCUT2D eigenvalue weighted by Crippen LogP contribution is 2.33. The predicted molar refractivity (Wildman–Crippen MR) is 81.9 cm³/mol. The van der Waals surface area contributed by atoms with E-state index in [0.29, 0.717) is 36.2 Å². The summed E-state index contributed by atoms with van der Waals surface area (Å²) in [6, 6.07) is 5.55. The average molecular weight is 342 g/mol. The van der Waals surface area contributed by atoms with Gasteiger partial charge in [0.2, 0.25) is 0 Å². The Balaban J connectivity index is 2.16. The van der Waals surface area contributed by atoms with Crippen molar-refractivity contribution in [1.29, 1.82) is 0 Å². The lowest BCUT2D eigenvalue weighted by atomic mass is 10.0. The van der Waals surface area contributed by atoms with Crippen LogP contribution in [0.2, 0.25) is 0 Å². The molecule has 1 heterocycles. The first-order valence-electron chi connectivity index (χ1n) is 6.89. The van der Waals surface area contributed by atoms with E-state index in [1.165, 1.54) is 0 Å². The summed E-state index contributed by atoms with van der Waals surface area (Å²) in [6.45, 7) is 5.21. The SMILES string of the molecule is CC(C)C(CCBr)NC(=O)c1cccc2c1OCCO2. The Morgan fingerprint density at radius 2 is 2.10 bits per heavy atom. The number of halogens is 1. The Hall–Kier alpha value is -1.23. The van der Waals surface area contributed by atoms with Gasteiger partial charge in [0.05, 0.1) is 5.56 Å². The second kappa shape index (κ2) is 6.97. The molecule has 1 aliphatic heterocycles.